The molecule has 1 spiro atoms. The van der Waals surface area contributed by atoms with Crippen molar-refractivity contribution >= 4 is 5.95 Å². The van der Waals surface area contributed by atoms with Crippen LogP contribution in [-0.4, -0.2) is 55.8 Å². The van der Waals surface area contributed by atoms with Crippen LogP contribution in [0.4, 0.5) is 5.95 Å². The highest BCUT2D eigenvalue weighted by molar-refractivity contribution is 5.25. The van der Waals surface area contributed by atoms with E-state index in [2.05, 4.69) is 29.7 Å². The molecule has 0 saturated carbocycles. The summed E-state index contributed by atoms with van der Waals surface area (Å²) < 4.78 is 8.26. The van der Waals surface area contributed by atoms with Crippen LogP contribution in [0.5, 0.6) is 0 Å². The summed E-state index contributed by atoms with van der Waals surface area (Å²) in [6.07, 6.45) is 9.43. The van der Waals surface area contributed by atoms with Gasteiger partial charge in [0.1, 0.15) is 5.82 Å². The molecule has 4 rings (SSSR count). The van der Waals surface area contributed by atoms with Gasteiger partial charge in [0.05, 0.1) is 24.8 Å². The van der Waals surface area contributed by atoms with Crippen LogP contribution in [0.3, 0.4) is 0 Å². The zero-order valence-electron chi connectivity index (χ0n) is 13.4. The van der Waals surface area contributed by atoms with E-state index in [0.29, 0.717) is 12.6 Å². The van der Waals surface area contributed by atoms with Crippen molar-refractivity contribution < 1.29 is 4.74 Å². The molecule has 2 aromatic heterocycles. The molecule has 0 amide bonds. The van der Waals surface area contributed by atoms with Gasteiger partial charge < -0.3 is 14.6 Å². The number of nitrogens with one attached hydrogen (secondary N) is 1. The lowest BCUT2D eigenvalue weighted by atomic mass is 9.97. The van der Waals surface area contributed by atoms with Crippen LogP contribution in [0.1, 0.15) is 18.7 Å². The van der Waals surface area contributed by atoms with Crippen molar-refractivity contribution in [3.05, 3.63) is 36.7 Å². The summed E-state index contributed by atoms with van der Waals surface area (Å²) in [5.74, 6) is 1.79. The first-order valence-corrected chi connectivity index (χ1v) is 8.09. The first-order chi connectivity index (χ1) is 11.2. The van der Waals surface area contributed by atoms with Crippen molar-refractivity contribution in [3.8, 4) is 0 Å². The Balaban J connectivity index is 1.35. The Morgan fingerprint density at radius 2 is 2.17 bits per heavy atom. The number of aromatic nitrogens is 4. The van der Waals surface area contributed by atoms with E-state index >= 15 is 0 Å². The highest BCUT2D eigenvalue weighted by Gasteiger charge is 2.45. The molecular weight excluding hydrogens is 292 g/mol. The van der Waals surface area contributed by atoms with Gasteiger partial charge >= 0.3 is 0 Å². The maximum atomic E-state index is 6.18. The van der Waals surface area contributed by atoms with E-state index in [1.54, 1.807) is 12.4 Å². The quantitative estimate of drug-likeness (QED) is 0.910. The molecule has 2 aliphatic rings. The second-order valence-electron chi connectivity index (χ2n) is 6.53. The Hall–Kier alpha value is -1.99. The first kappa shape index (κ1) is 14.6. The number of nitrogens with zero attached hydrogens (tertiary/aromatic N) is 5. The predicted molar refractivity (Wildman–Crippen MR) is 85.8 cm³/mol. The Kier molecular flexibility index (Phi) is 3.74. The molecular formula is C16H22N6O. The molecule has 7 heteroatoms. The molecule has 2 saturated heterocycles. The van der Waals surface area contributed by atoms with Crippen molar-refractivity contribution in [2.75, 3.05) is 25.0 Å². The van der Waals surface area contributed by atoms with Gasteiger partial charge in [-0.05, 0) is 12.5 Å². The molecule has 4 heterocycles. The van der Waals surface area contributed by atoms with Gasteiger partial charge in [-0.3, -0.25) is 4.90 Å². The molecule has 1 N–H and O–H groups in total. The zero-order chi connectivity index (χ0) is 15.7. The number of rotatable bonds is 4. The lowest BCUT2D eigenvalue weighted by Crippen LogP contribution is -2.33. The third kappa shape index (κ3) is 3.07. The number of aryl methyl sites for hydroxylation is 1. The molecule has 2 atom stereocenters. The van der Waals surface area contributed by atoms with Gasteiger partial charge in [0, 0.05) is 51.3 Å². The number of hydrogen-bond acceptors (Lipinski definition) is 6. The van der Waals surface area contributed by atoms with Crippen molar-refractivity contribution in [2.24, 2.45) is 7.05 Å². The monoisotopic (exact) mass is 314 g/mol. The van der Waals surface area contributed by atoms with Crippen LogP contribution in [0.2, 0.25) is 0 Å². The predicted octanol–water partition coefficient (Wildman–Crippen LogP) is 1.06. The van der Waals surface area contributed by atoms with Crippen molar-refractivity contribution in [2.45, 2.75) is 31.0 Å². The summed E-state index contributed by atoms with van der Waals surface area (Å²) in [6, 6.07) is 2.11. The number of hydrogen-bond donors (Lipinski definition) is 1. The minimum absolute atomic E-state index is 0.0301. The summed E-state index contributed by atoms with van der Waals surface area (Å²) in [7, 11) is 2.04. The average Bonchev–Trinajstić information content (AvgIpc) is 3.25. The standard InChI is InChI=1S/C16H22N6O/c1-21-8-6-17-14(21)10-22-7-3-16(12-22)9-13(11-23-16)20-15-18-4-2-5-19-15/h2,4-6,8,13H,3,7,9-12H2,1H3,(H,18,19,20)/t13-,16+/m1/s1. The normalized spacial score (nSPS) is 27.8. The van der Waals surface area contributed by atoms with Crippen LogP contribution in [0, 0.1) is 0 Å². The second-order valence-corrected chi connectivity index (χ2v) is 6.53. The van der Waals surface area contributed by atoms with E-state index < -0.39 is 0 Å². The van der Waals surface area contributed by atoms with E-state index in [0.717, 1.165) is 38.3 Å². The van der Waals surface area contributed by atoms with E-state index in [1.165, 1.54) is 0 Å². The lowest BCUT2D eigenvalue weighted by Gasteiger charge is -2.23. The number of anilines is 1. The smallest absolute Gasteiger partial charge is 0.222 e. The largest absolute Gasteiger partial charge is 0.371 e. The van der Waals surface area contributed by atoms with Gasteiger partial charge in [-0.25, -0.2) is 15.0 Å². The molecule has 0 aliphatic carbocycles. The van der Waals surface area contributed by atoms with Crippen LogP contribution in [-0.2, 0) is 18.3 Å². The van der Waals surface area contributed by atoms with E-state index in [9.17, 15) is 0 Å². The van der Waals surface area contributed by atoms with Crippen molar-refractivity contribution in [3.63, 3.8) is 0 Å². The van der Waals surface area contributed by atoms with E-state index in [1.807, 2.05) is 25.5 Å². The molecule has 2 aromatic rings. The third-order valence-corrected chi connectivity index (χ3v) is 4.79. The average molecular weight is 314 g/mol. The highest BCUT2D eigenvalue weighted by Crippen LogP contribution is 2.36. The van der Waals surface area contributed by atoms with Crippen LogP contribution >= 0.6 is 0 Å². The minimum Gasteiger partial charge on any atom is -0.371 e. The molecule has 7 nitrogen and oxygen atoms in total. The SMILES string of the molecule is Cn1ccnc1CN1CC[C@]2(C[C@@H](Nc3ncccn3)CO2)C1. The molecule has 0 unspecified atom stereocenters. The van der Waals surface area contributed by atoms with Crippen LogP contribution in [0.25, 0.3) is 0 Å². The lowest BCUT2D eigenvalue weighted by molar-refractivity contribution is 0.0117. The number of ether oxygens (including phenoxy) is 1. The summed E-state index contributed by atoms with van der Waals surface area (Å²) in [5.41, 5.74) is -0.0301. The first-order valence-electron chi connectivity index (χ1n) is 8.09. The summed E-state index contributed by atoms with van der Waals surface area (Å²) in [6.45, 7) is 3.62. The van der Waals surface area contributed by atoms with Crippen molar-refractivity contribution in [1.82, 2.24) is 24.4 Å². The Morgan fingerprint density at radius 1 is 1.30 bits per heavy atom. The molecule has 2 aliphatic heterocycles. The van der Waals surface area contributed by atoms with Gasteiger partial charge in [-0.15, -0.1) is 0 Å². The molecule has 122 valence electrons. The van der Waals surface area contributed by atoms with E-state index in [-0.39, 0.29) is 11.6 Å². The topological polar surface area (TPSA) is 68.1 Å². The fourth-order valence-corrected chi connectivity index (χ4v) is 3.59. The molecule has 0 radical (unpaired) electrons. The molecule has 2 fully saturated rings. The third-order valence-electron chi connectivity index (χ3n) is 4.79. The summed E-state index contributed by atoms with van der Waals surface area (Å²) in [5, 5.41) is 3.38. The summed E-state index contributed by atoms with van der Waals surface area (Å²) >= 11 is 0. The highest BCUT2D eigenvalue weighted by atomic mass is 16.5. The number of likely N-dealkylation sites (tertiary alicyclic amines) is 1. The molecule has 0 bridgehead atoms. The van der Waals surface area contributed by atoms with Gasteiger partial charge in [-0.1, -0.05) is 0 Å². The van der Waals surface area contributed by atoms with Gasteiger partial charge in [-0.2, -0.15) is 0 Å². The van der Waals surface area contributed by atoms with Crippen LogP contribution in [0.15, 0.2) is 30.9 Å². The van der Waals surface area contributed by atoms with Crippen LogP contribution < -0.4 is 5.32 Å². The fourth-order valence-electron chi connectivity index (χ4n) is 3.59. The Labute approximate surface area is 135 Å². The minimum atomic E-state index is -0.0301. The maximum absolute atomic E-state index is 6.18. The second kappa shape index (κ2) is 5.90. The Bertz CT molecular complexity index is 660. The van der Waals surface area contributed by atoms with E-state index in [4.69, 9.17) is 4.74 Å². The Morgan fingerprint density at radius 3 is 2.96 bits per heavy atom. The summed E-state index contributed by atoms with van der Waals surface area (Å²) in [4.78, 5) is 15.3. The maximum Gasteiger partial charge on any atom is 0.222 e. The molecule has 0 aromatic carbocycles. The van der Waals surface area contributed by atoms with Gasteiger partial charge in [0.25, 0.3) is 0 Å². The van der Waals surface area contributed by atoms with Gasteiger partial charge in [0.2, 0.25) is 5.95 Å². The van der Waals surface area contributed by atoms with Crippen molar-refractivity contribution in [1.29, 1.82) is 0 Å². The number of imidazole rings is 1. The fraction of sp³-hybridized carbons (Fsp3) is 0.562. The zero-order valence-corrected chi connectivity index (χ0v) is 13.4. The molecule has 23 heavy (non-hydrogen) atoms. The van der Waals surface area contributed by atoms with Gasteiger partial charge in [0.15, 0.2) is 0 Å².